The van der Waals surface area contributed by atoms with E-state index < -0.39 is 0 Å². The van der Waals surface area contributed by atoms with Crippen LogP contribution in [0.15, 0.2) is 4.99 Å². The molecule has 2 unspecified atom stereocenters. The molecule has 5 nitrogen and oxygen atoms in total. The summed E-state index contributed by atoms with van der Waals surface area (Å²) < 4.78 is 0. The molecular formula is C5H9N5S. The van der Waals surface area contributed by atoms with Gasteiger partial charge in [-0.15, -0.1) is 0 Å². The van der Waals surface area contributed by atoms with Crippen LogP contribution in [0.3, 0.4) is 0 Å². The Morgan fingerprint density at radius 2 is 2.36 bits per heavy atom. The van der Waals surface area contributed by atoms with E-state index in [4.69, 9.17) is 18.0 Å². The average molecular weight is 171 g/mol. The molecule has 11 heavy (non-hydrogen) atoms. The molecule has 2 aliphatic rings. The van der Waals surface area contributed by atoms with Crippen molar-refractivity contribution in [1.29, 1.82) is 0 Å². The van der Waals surface area contributed by atoms with Crippen molar-refractivity contribution in [2.75, 3.05) is 6.67 Å². The third kappa shape index (κ3) is 1.09. The third-order valence-electron chi connectivity index (χ3n) is 1.76. The highest BCUT2D eigenvalue weighted by Gasteiger charge is 2.32. The van der Waals surface area contributed by atoms with Crippen LogP contribution in [0.5, 0.6) is 0 Å². The van der Waals surface area contributed by atoms with Gasteiger partial charge in [0.1, 0.15) is 11.2 Å². The Morgan fingerprint density at radius 3 is 3.18 bits per heavy atom. The van der Waals surface area contributed by atoms with E-state index in [0.29, 0.717) is 10.9 Å². The van der Waals surface area contributed by atoms with Crippen molar-refractivity contribution in [3.05, 3.63) is 0 Å². The normalized spacial score (nSPS) is 36.0. The SMILES string of the molecule is NC1=NC2NCNC2C(=S)N1. The average Bonchev–Trinajstić information content (AvgIpc) is 2.34. The Kier molecular flexibility index (Phi) is 1.52. The zero-order chi connectivity index (χ0) is 7.84. The van der Waals surface area contributed by atoms with Crippen LogP contribution in [0.1, 0.15) is 0 Å². The molecule has 0 bridgehead atoms. The van der Waals surface area contributed by atoms with Gasteiger partial charge in [0.05, 0.1) is 6.04 Å². The minimum atomic E-state index is 0.0174. The molecular weight excluding hydrogens is 162 g/mol. The van der Waals surface area contributed by atoms with Gasteiger partial charge in [-0.3, -0.25) is 10.6 Å². The molecule has 0 radical (unpaired) electrons. The number of rotatable bonds is 0. The fourth-order valence-electron chi connectivity index (χ4n) is 1.25. The summed E-state index contributed by atoms with van der Waals surface area (Å²) in [5.74, 6) is 0.396. The van der Waals surface area contributed by atoms with Crippen molar-refractivity contribution in [2.24, 2.45) is 10.7 Å². The van der Waals surface area contributed by atoms with E-state index in [0.717, 1.165) is 6.67 Å². The number of hydrogen-bond donors (Lipinski definition) is 4. The fraction of sp³-hybridized carbons (Fsp3) is 0.600. The molecule has 1 fully saturated rings. The molecule has 2 atom stereocenters. The van der Waals surface area contributed by atoms with E-state index in [1.807, 2.05) is 0 Å². The monoisotopic (exact) mass is 171 g/mol. The summed E-state index contributed by atoms with van der Waals surface area (Å²) in [5.41, 5.74) is 5.46. The number of nitrogens with one attached hydrogen (secondary N) is 3. The minimum Gasteiger partial charge on any atom is -0.370 e. The predicted octanol–water partition coefficient (Wildman–Crippen LogP) is -1.92. The Labute approximate surface area is 69.4 Å². The van der Waals surface area contributed by atoms with Gasteiger partial charge in [-0.25, -0.2) is 4.99 Å². The van der Waals surface area contributed by atoms with Gasteiger partial charge in [0.15, 0.2) is 5.96 Å². The van der Waals surface area contributed by atoms with E-state index in [1.165, 1.54) is 0 Å². The highest BCUT2D eigenvalue weighted by atomic mass is 32.1. The number of thiocarbonyl (C=S) groups is 1. The summed E-state index contributed by atoms with van der Waals surface area (Å²) in [6.45, 7) is 0.730. The van der Waals surface area contributed by atoms with E-state index in [9.17, 15) is 0 Å². The number of aliphatic imine (C=N–C) groups is 1. The van der Waals surface area contributed by atoms with Crippen LogP contribution >= 0.6 is 12.2 Å². The van der Waals surface area contributed by atoms with Gasteiger partial charge in [0.25, 0.3) is 0 Å². The lowest BCUT2D eigenvalue weighted by molar-refractivity contribution is 0.606. The van der Waals surface area contributed by atoms with E-state index >= 15 is 0 Å². The highest BCUT2D eigenvalue weighted by molar-refractivity contribution is 7.80. The lowest BCUT2D eigenvalue weighted by Crippen LogP contribution is -2.54. The maximum Gasteiger partial charge on any atom is 0.195 e. The lowest BCUT2D eigenvalue weighted by Gasteiger charge is -2.23. The van der Waals surface area contributed by atoms with Crippen LogP contribution in [-0.4, -0.2) is 29.8 Å². The van der Waals surface area contributed by atoms with E-state index in [2.05, 4.69) is 20.9 Å². The summed E-state index contributed by atoms with van der Waals surface area (Å²) in [6.07, 6.45) is 0.0174. The molecule has 2 aliphatic heterocycles. The second-order valence-corrected chi connectivity index (χ2v) is 2.95. The van der Waals surface area contributed by atoms with Crippen LogP contribution in [0.4, 0.5) is 0 Å². The smallest absolute Gasteiger partial charge is 0.195 e. The summed E-state index contributed by atoms with van der Waals surface area (Å²) in [7, 11) is 0. The van der Waals surface area contributed by atoms with Crippen molar-refractivity contribution in [3.63, 3.8) is 0 Å². The Balaban J connectivity index is 2.25. The lowest BCUT2D eigenvalue weighted by atomic mass is 10.2. The van der Waals surface area contributed by atoms with Gasteiger partial charge >= 0.3 is 0 Å². The molecule has 6 heteroatoms. The Morgan fingerprint density at radius 1 is 1.55 bits per heavy atom. The number of nitrogens with two attached hydrogens (primary N) is 1. The molecule has 1 saturated heterocycles. The first-order valence-electron chi connectivity index (χ1n) is 3.38. The molecule has 0 aromatic rings. The maximum absolute atomic E-state index is 5.46. The first kappa shape index (κ1) is 6.96. The number of fused-ring (bicyclic) bond motifs is 1. The second-order valence-electron chi connectivity index (χ2n) is 2.51. The van der Waals surface area contributed by atoms with Gasteiger partial charge in [-0.1, -0.05) is 12.2 Å². The first-order valence-corrected chi connectivity index (χ1v) is 3.79. The molecule has 0 saturated carbocycles. The number of guanidine groups is 1. The molecule has 2 rings (SSSR count). The predicted molar refractivity (Wildman–Crippen MR) is 46.1 cm³/mol. The maximum atomic E-state index is 5.46. The molecule has 5 N–H and O–H groups in total. The summed E-state index contributed by atoms with van der Waals surface area (Å²) in [6, 6.07) is 0.109. The van der Waals surface area contributed by atoms with Crippen molar-refractivity contribution in [3.8, 4) is 0 Å². The highest BCUT2D eigenvalue weighted by Crippen LogP contribution is 2.06. The van der Waals surface area contributed by atoms with Crippen LogP contribution in [0, 0.1) is 0 Å². The van der Waals surface area contributed by atoms with Crippen LogP contribution in [0.2, 0.25) is 0 Å². The van der Waals surface area contributed by atoms with Gasteiger partial charge in [-0.05, 0) is 0 Å². The number of nitrogens with zero attached hydrogens (tertiary/aromatic N) is 1. The van der Waals surface area contributed by atoms with Crippen molar-refractivity contribution in [1.82, 2.24) is 16.0 Å². The topological polar surface area (TPSA) is 74.5 Å². The quantitative estimate of drug-likeness (QED) is 0.320. The van der Waals surface area contributed by atoms with E-state index in [-0.39, 0.29) is 12.2 Å². The molecule has 0 amide bonds. The standard InChI is InChI=1S/C5H9N5S/c6-5-9-3-2(4(11)10-5)7-1-8-3/h2-3,7-8H,1H2,(H3,6,9,10,11). The molecule has 0 spiro atoms. The van der Waals surface area contributed by atoms with E-state index in [1.54, 1.807) is 0 Å². The first-order chi connectivity index (χ1) is 5.27. The third-order valence-corrected chi connectivity index (χ3v) is 2.12. The molecule has 2 heterocycles. The summed E-state index contributed by atoms with van der Waals surface area (Å²) >= 11 is 5.05. The van der Waals surface area contributed by atoms with Crippen LogP contribution in [0.25, 0.3) is 0 Å². The molecule has 0 aliphatic carbocycles. The largest absolute Gasteiger partial charge is 0.370 e. The van der Waals surface area contributed by atoms with Crippen molar-refractivity contribution in [2.45, 2.75) is 12.2 Å². The van der Waals surface area contributed by atoms with Crippen LogP contribution in [-0.2, 0) is 0 Å². The Hall–Kier alpha value is -0.720. The van der Waals surface area contributed by atoms with Crippen LogP contribution < -0.4 is 21.7 Å². The number of hydrogen-bond acceptors (Lipinski definition) is 5. The van der Waals surface area contributed by atoms with Gasteiger partial charge in [0.2, 0.25) is 0 Å². The second kappa shape index (κ2) is 2.40. The van der Waals surface area contributed by atoms with Crippen molar-refractivity contribution < 1.29 is 0 Å². The van der Waals surface area contributed by atoms with Gasteiger partial charge < -0.3 is 11.1 Å². The molecule has 0 aromatic carbocycles. The fourth-order valence-corrected chi connectivity index (χ4v) is 1.56. The minimum absolute atomic E-state index is 0.0174. The zero-order valence-corrected chi connectivity index (χ0v) is 6.61. The van der Waals surface area contributed by atoms with Gasteiger partial charge in [0, 0.05) is 6.67 Å². The summed E-state index contributed by atoms with van der Waals surface area (Å²) in [4.78, 5) is 4.83. The van der Waals surface area contributed by atoms with Gasteiger partial charge in [-0.2, -0.15) is 0 Å². The Bertz CT molecular complexity index is 225. The molecule has 0 aromatic heterocycles. The molecule has 60 valence electrons. The van der Waals surface area contributed by atoms with Crippen molar-refractivity contribution >= 4 is 23.2 Å². The zero-order valence-electron chi connectivity index (χ0n) is 5.79. The summed E-state index contributed by atoms with van der Waals surface area (Å²) in [5, 5.41) is 9.07.